The number of carbonyl (C=O) groups is 1. The van der Waals surface area contributed by atoms with Crippen molar-refractivity contribution in [1.82, 2.24) is 10.2 Å². The van der Waals surface area contributed by atoms with E-state index in [0.717, 1.165) is 32.5 Å². The third-order valence-corrected chi connectivity index (χ3v) is 6.30. The molecule has 1 saturated heterocycles. The molecule has 1 heterocycles. The standard InChI is InChI=1S/C17H32N2O/c1-7-12-11-19(10-9-13(12)18-8-2)15(20)14-16(3,4)17(14,5)6/h12-14,18H,7-11H2,1-6H3. The van der Waals surface area contributed by atoms with Gasteiger partial charge in [-0.2, -0.15) is 0 Å². The molecule has 0 aromatic carbocycles. The zero-order valence-corrected chi connectivity index (χ0v) is 14.1. The molecule has 2 unspecified atom stereocenters. The molecule has 2 rings (SSSR count). The van der Waals surface area contributed by atoms with Crippen molar-refractivity contribution < 1.29 is 4.79 Å². The summed E-state index contributed by atoms with van der Waals surface area (Å²) in [6, 6.07) is 0.592. The molecule has 20 heavy (non-hydrogen) atoms. The van der Waals surface area contributed by atoms with E-state index >= 15 is 0 Å². The highest BCUT2D eigenvalue weighted by molar-refractivity contribution is 5.84. The molecule has 1 aliphatic heterocycles. The first kappa shape index (κ1) is 15.8. The summed E-state index contributed by atoms with van der Waals surface area (Å²) >= 11 is 0. The molecule has 0 radical (unpaired) electrons. The molecule has 116 valence electrons. The Morgan fingerprint density at radius 3 is 2.25 bits per heavy atom. The molecule has 2 fully saturated rings. The fourth-order valence-electron chi connectivity index (χ4n) is 4.17. The molecule has 3 nitrogen and oxygen atoms in total. The number of hydrogen-bond acceptors (Lipinski definition) is 2. The van der Waals surface area contributed by atoms with Crippen molar-refractivity contribution >= 4 is 5.91 Å². The third kappa shape index (κ3) is 2.38. The molecule has 1 aliphatic carbocycles. The minimum Gasteiger partial charge on any atom is -0.342 e. The van der Waals surface area contributed by atoms with E-state index in [9.17, 15) is 4.79 Å². The van der Waals surface area contributed by atoms with Crippen LogP contribution in [0.25, 0.3) is 0 Å². The van der Waals surface area contributed by atoms with E-state index < -0.39 is 0 Å². The van der Waals surface area contributed by atoms with E-state index in [-0.39, 0.29) is 16.7 Å². The van der Waals surface area contributed by atoms with Gasteiger partial charge >= 0.3 is 0 Å². The molecule has 1 amide bonds. The van der Waals surface area contributed by atoms with Crippen LogP contribution in [-0.4, -0.2) is 36.5 Å². The maximum absolute atomic E-state index is 12.8. The lowest BCUT2D eigenvalue weighted by atomic mass is 9.89. The molecule has 3 heteroatoms. The molecular weight excluding hydrogens is 248 g/mol. The van der Waals surface area contributed by atoms with E-state index in [1.54, 1.807) is 0 Å². The number of nitrogens with one attached hydrogen (secondary N) is 1. The number of likely N-dealkylation sites (tertiary alicyclic amines) is 1. The summed E-state index contributed by atoms with van der Waals surface area (Å²) in [5.41, 5.74) is 0.314. The Labute approximate surface area is 124 Å². The second-order valence-corrected chi connectivity index (χ2v) is 7.78. The fraction of sp³-hybridized carbons (Fsp3) is 0.941. The number of piperidine rings is 1. The van der Waals surface area contributed by atoms with Gasteiger partial charge in [0.1, 0.15) is 0 Å². The molecule has 0 spiro atoms. The van der Waals surface area contributed by atoms with Gasteiger partial charge in [0.15, 0.2) is 0 Å². The predicted octanol–water partition coefficient (Wildman–Crippen LogP) is 2.91. The maximum atomic E-state index is 12.8. The van der Waals surface area contributed by atoms with Gasteiger partial charge in [-0.3, -0.25) is 4.79 Å². The Balaban J connectivity index is 2.00. The van der Waals surface area contributed by atoms with Gasteiger partial charge in [0.2, 0.25) is 5.91 Å². The van der Waals surface area contributed by atoms with Gasteiger partial charge in [0.05, 0.1) is 0 Å². The summed E-state index contributed by atoms with van der Waals surface area (Å²) in [4.78, 5) is 15.0. The van der Waals surface area contributed by atoms with E-state index in [1.807, 2.05) is 0 Å². The van der Waals surface area contributed by atoms with Crippen molar-refractivity contribution in [2.45, 2.75) is 60.4 Å². The molecule has 2 atom stereocenters. The van der Waals surface area contributed by atoms with Gasteiger partial charge in [0.25, 0.3) is 0 Å². The highest BCUT2D eigenvalue weighted by atomic mass is 16.2. The Kier molecular flexibility index (Phi) is 4.21. The van der Waals surface area contributed by atoms with Crippen LogP contribution in [0.4, 0.5) is 0 Å². The summed E-state index contributed by atoms with van der Waals surface area (Å²) in [5, 5.41) is 3.58. The van der Waals surface area contributed by atoms with Crippen molar-refractivity contribution in [2.75, 3.05) is 19.6 Å². The fourth-order valence-corrected chi connectivity index (χ4v) is 4.17. The maximum Gasteiger partial charge on any atom is 0.226 e. The topological polar surface area (TPSA) is 32.3 Å². The van der Waals surface area contributed by atoms with Crippen LogP contribution < -0.4 is 5.32 Å². The van der Waals surface area contributed by atoms with Crippen LogP contribution in [0.5, 0.6) is 0 Å². The molecule has 0 aromatic heterocycles. The summed E-state index contributed by atoms with van der Waals surface area (Å²) < 4.78 is 0. The molecule has 2 aliphatic rings. The zero-order chi connectivity index (χ0) is 15.1. The highest BCUT2D eigenvalue weighted by Gasteiger charge is 2.68. The van der Waals surface area contributed by atoms with E-state index in [4.69, 9.17) is 0 Å². The average Bonchev–Trinajstić information content (AvgIpc) is 2.79. The van der Waals surface area contributed by atoms with Crippen molar-refractivity contribution in [2.24, 2.45) is 22.7 Å². The highest BCUT2D eigenvalue weighted by Crippen LogP contribution is 2.68. The van der Waals surface area contributed by atoms with Gasteiger partial charge in [0, 0.05) is 25.0 Å². The van der Waals surface area contributed by atoms with E-state index in [1.165, 1.54) is 0 Å². The van der Waals surface area contributed by atoms with Crippen LogP contribution in [0.15, 0.2) is 0 Å². The molecule has 0 bridgehead atoms. The summed E-state index contributed by atoms with van der Waals surface area (Å²) in [7, 11) is 0. The Hall–Kier alpha value is -0.570. The number of amides is 1. The zero-order valence-electron chi connectivity index (χ0n) is 14.1. The summed E-state index contributed by atoms with van der Waals surface area (Å²) in [6.07, 6.45) is 2.25. The second-order valence-electron chi connectivity index (χ2n) is 7.78. The lowest BCUT2D eigenvalue weighted by Gasteiger charge is -2.39. The predicted molar refractivity (Wildman–Crippen MR) is 83.5 cm³/mol. The molecule has 1 N–H and O–H groups in total. The van der Waals surface area contributed by atoms with Gasteiger partial charge in [-0.05, 0) is 29.7 Å². The quantitative estimate of drug-likeness (QED) is 0.859. The third-order valence-electron chi connectivity index (χ3n) is 6.30. The van der Waals surface area contributed by atoms with Crippen molar-refractivity contribution in [1.29, 1.82) is 0 Å². The summed E-state index contributed by atoms with van der Waals surface area (Å²) in [6.45, 7) is 16.2. The van der Waals surface area contributed by atoms with Gasteiger partial charge in [-0.25, -0.2) is 0 Å². The molecule has 1 saturated carbocycles. The minimum atomic E-state index is 0.157. The minimum absolute atomic E-state index is 0.157. The van der Waals surface area contributed by atoms with Crippen LogP contribution >= 0.6 is 0 Å². The first-order valence-corrected chi connectivity index (χ1v) is 8.29. The van der Waals surface area contributed by atoms with Crippen LogP contribution in [-0.2, 0) is 4.79 Å². The van der Waals surface area contributed by atoms with Gasteiger partial charge < -0.3 is 10.2 Å². The SMILES string of the molecule is CCNC1CCN(C(=O)C2C(C)(C)C2(C)C)CC1CC. The lowest BCUT2D eigenvalue weighted by Crippen LogP contribution is -2.51. The molecule has 0 aromatic rings. The number of rotatable bonds is 4. The second kappa shape index (κ2) is 5.32. The van der Waals surface area contributed by atoms with Gasteiger partial charge in [-0.15, -0.1) is 0 Å². The lowest BCUT2D eigenvalue weighted by molar-refractivity contribution is -0.136. The van der Waals surface area contributed by atoms with Crippen molar-refractivity contribution in [3.63, 3.8) is 0 Å². The summed E-state index contributed by atoms with van der Waals surface area (Å²) in [5.74, 6) is 1.22. The average molecular weight is 280 g/mol. The molecular formula is C17H32N2O. The Bertz CT molecular complexity index is 361. The van der Waals surface area contributed by atoms with E-state index in [2.05, 4.69) is 51.8 Å². The van der Waals surface area contributed by atoms with Crippen LogP contribution in [0.3, 0.4) is 0 Å². The van der Waals surface area contributed by atoms with Crippen LogP contribution in [0.1, 0.15) is 54.4 Å². The van der Waals surface area contributed by atoms with E-state index in [0.29, 0.717) is 17.9 Å². The van der Waals surface area contributed by atoms with Crippen molar-refractivity contribution in [3.8, 4) is 0 Å². The Morgan fingerprint density at radius 1 is 1.20 bits per heavy atom. The van der Waals surface area contributed by atoms with Crippen LogP contribution in [0, 0.1) is 22.7 Å². The smallest absolute Gasteiger partial charge is 0.226 e. The Morgan fingerprint density at radius 2 is 1.80 bits per heavy atom. The number of hydrogen-bond donors (Lipinski definition) is 1. The van der Waals surface area contributed by atoms with Gasteiger partial charge in [-0.1, -0.05) is 48.0 Å². The normalized spacial score (nSPS) is 32.2. The largest absolute Gasteiger partial charge is 0.342 e. The van der Waals surface area contributed by atoms with Crippen LogP contribution in [0.2, 0.25) is 0 Å². The monoisotopic (exact) mass is 280 g/mol. The first-order chi connectivity index (χ1) is 9.27. The number of carbonyl (C=O) groups excluding carboxylic acids is 1. The number of nitrogens with zero attached hydrogens (tertiary/aromatic N) is 1. The van der Waals surface area contributed by atoms with Crippen molar-refractivity contribution in [3.05, 3.63) is 0 Å². The first-order valence-electron chi connectivity index (χ1n) is 8.29.